The van der Waals surface area contributed by atoms with Crippen molar-refractivity contribution in [3.05, 3.63) is 48.0 Å². The third-order valence-corrected chi connectivity index (χ3v) is 4.59. The maximum Gasteiger partial charge on any atom is 0.387 e. The summed E-state index contributed by atoms with van der Waals surface area (Å²) in [6, 6.07) is 11.7. The van der Waals surface area contributed by atoms with Crippen molar-refractivity contribution in [2.75, 3.05) is 24.8 Å². The molecular weight excluding hydrogens is 358 g/mol. The Morgan fingerprint density at radius 1 is 1.19 bits per heavy atom. The molecular formula is C19H18F2N2O4. The fourth-order valence-electron chi connectivity index (χ4n) is 3.38. The van der Waals surface area contributed by atoms with Gasteiger partial charge >= 0.3 is 6.61 Å². The van der Waals surface area contributed by atoms with Crippen LogP contribution in [0, 0.1) is 0 Å². The molecule has 1 amide bonds. The summed E-state index contributed by atoms with van der Waals surface area (Å²) in [5.41, 5.74) is 1.01. The van der Waals surface area contributed by atoms with Crippen molar-refractivity contribution >= 4 is 11.6 Å². The van der Waals surface area contributed by atoms with Gasteiger partial charge in [-0.25, -0.2) is 0 Å². The predicted molar refractivity (Wildman–Crippen MR) is 93.7 cm³/mol. The monoisotopic (exact) mass is 376 g/mol. The number of benzene rings is 2. The molecule has 0 aliphatic carbocycles. The van der Waals surface area contributed by atoms with Crippen molar-refractivity contribution in [1.82, 2.24) is 5.32 Å². The fraction of sp³-hybridized carbons (Fsp3) is 0.316. The summed E-state index contributed by atoms with van der Waals surface area (Å²) in [4.78, 5) is 14.6. The van der Waals surface area contributed by atoms with E-state index in [1.54, 1.807) is 36.4 Å². The number of para-hydroxylation sites is 3. The summed E-state index contributed by atoms with van der Waals surface area (Å²) < 4.78 is 40.5. The molecule has 8 heteroatoms. The van der Waals surface area contributed by atoms with Crippen molar-refractivity contribution in [1.29, 1.82) is 0 Å². The van der Waals surface area contributed by atoms with Crippen LogP contribution < -0.4 is 24.4 Å². The van der Waals surface area contributed by atoms with Gasteiger partial charge < -0.3 is 24.4 Å². The van der Waals surface area contributed by atoms with Gasteiger partial charge in [0.05, 0.1) is 11.3 Å². The van der Waals surface area contributed by atoms with E-state index in [2.05, 4.69) is 10.1 Å². The van der Waals surface area contributed by atoms with Gasteiger partial charge in [0, 0.05) is 19.1 Å². The molecule has 4 rings (SSSR count). The molecule has 2 aromatic carbocycles. The lowest BCUT2D eigenvalue weighted by molar-refractivity contribution is -0.0495. The van der Waals surface area contributed by atoms with E-state index in [1.807, 2.05) is 4.90 Å². The molecule has 0 aromatic heterocycles. The van der Waals surface area contributed by atoms with Crippen LogP contribution in [0.5, 0.6) is 17.2 Å². The number of nitrogens with one attached hydrogen (secondary N) is 1. The molecule has 2 aromatic rings. The molecule has 27 heavy (non-hydrogen) atoms. The third kappa shape index (κ3) is 3.60. The molecule has 2 heterocycles. The second-order valence-electron chi connectivity index (χ2n) is 6.29. The van der Waals surface area contributed by atoms with E-state index < -0.39 is 6.61 Å². The highest BCUT2D eigenvalue weighted by molar-refractivity contribution is 5.98. The van der Waals surface area contributed by atoms with Gasteiger partial charge in [0.2, 0.25) is 6.79 Å². The molecule has 1 unspecified atom stereocenters. The lowest BCUT2D eigenvalue weighted by Gasteiger charge is -2.22. The van der Waals surface area contributed by atoms with E-state index >= 15 is 0 Å². The molecule has 1 saturated heterocycles. The van der Waals surface area contributed by atoms with Crippen LogP contribution in [0.25, 0.3) is 0 Å². The molecule has 2 aliphatic rings. The van der Waals surface area contributed by atoms with Crippen molar-refractivity contribution < 1.29 is 27.8 Å². The number of carbonyl (C=O) groups is 1. The lowest BCUT2D eigenvalue weighted by atomic mass is 10.1. The van der Waals surface area contributed by atoms with Crippen LogP contribution in [-0.4, -0.2) is 38.4 Å². The molecule has 2 aliphatic heterocycles. The quantitative estimate of drug-likeness (QED) is 0.869. The first-order valence-corrected chi connectivity index (χ1v) is 8.60. The Balaban J connectivity index is 1.44. The molecule has 0 saturated carbocycles. The van der Waals surface area contributed by atoms with Gasteiger partial charge in [0.15, 0.2) is 11.5 Å². The molecule has 1 N–H and O–H groups in total. The van der Waals surface area contributed by atoms with Crippen LogP contribution in [0.2, 0.25) is 0 Å². The van der Waals surface area contributed by atoms with Crippen molar-refractivity contribution in [2.45, 2.75) is 19.1 Å². The normalized spacial score (nSPS) is 18.0. The number of alkyl halides is 2. The first-order chi connectivity index (χ1) is 13.1. The second-order valence-corrected chi connectivity index (χ2v) is 6.29. The number of hydrogen-bond acceptors (Lipinski definition) is 5. The highest BCUT2D eigenvalue weighted by Gasteiger charge is 2.28. The van der Waals surface area contributed by atoms with E-state index in [0.717, 1.165) is 0 Å². The van der Waals surface area contributed by atoms with Crippen molar-refractivity contribution in [3.63, 3.8) is 0 Å². The standard InChI is InChI=1S/C19H18F2N2O4/c20-19(21)27-15-6-2-1-5-14(15)23-9-8-12(10-23)22-18(24)13-4-3-7-16-17(13)26-11-25-16/h1-7,12,19H,8-11H2,(H,22,24). The topological polar surface area (TPSA) is 60.0 Å². The smallest absolute Gasteiger partial charge is 0.387 e. The Hall–Kier alpha value is -3.03. The third-order valence-electron chi connectivity index (χ3n) is 4.59. The minimum Gasteiger partial charge on any atom is -0.454 e. The molecule has 1 fully saturated rings. The Bertz CT molecular complexity index is 846. The summed E-state index contributed by atoms with van der Waals surface area (Å²) in [6.45, 7) is -1.66. The Labute approximate surface area is 154 Å². The largest absolute Gasteiger partial charge is 0.454 e. The first-order valence-electron chi connectivity index (χ1n) is 8.60. The van der Waals surface area contributed by atoms with Gasteiger partial charge in [-0.05, 0) is 30.7 Å². The van der Waals surface area contributed by atoms with Crippen molar-refractivity contribution in [3.8, 4) is 17.2 Å². The average Bonchev–Trinajstić information content (AvgIpc) is 3.30. The number of halogens is 2. The molecule has 1 atom stereocenters. The zero-order chi connectivity index (χ0) is 18.8. The summed E-state index contributed by atoms with van der Waals surface area (Å²) in [7, 11) is 0. The SMILES string of the molecule is O=C(NC1CCN(c2ccccc2OC(F)F)C1)c1cccc2c1OCO2. The van der Waals surface area contributed by atoms with Gasteiger partial charge in [0.1, 0.15) is 5.75 Å². The maximum atomic E-state index is 12.6. The Morgan fingerprint density at radius 2 is 2.04 bits per heavy atom. The van der Waals surface area contributed by atoms with Crippen molar-refractivity contribution in [2.24, 2.45) is 0 Å². The van der Waals surface area contributed by atoms with Crippen LogP contribution in [0.3, 0.4) is 0 Å². The summed E-state index contributed by atoms with van der Waals surface area (Å²) in [5.74, 6) is 0.876. The second kappa shape index (κ2) is 7.30. The molecule has 142 valence electrons. The maximum absolute atomic E-state index is 12.6. The first kappa shape index (κ1) is 17.4. The van der Waals surface area contributed by atoms with Crippen LogP contribution in [-0.2, 0) is 0 Å². The highest BCUT2D eigenvalue weighted by Crippen LogP contribution is 2.36. The Kier molecular flexibility index (Phi) is 4.70. The molecule has 0 bridgehead atoms. The van der Waals surface area contributed by atoms with E-state index in [0.29, 0.717) is 42.3 Å². The average molecular weight is 376 g/mol. The van der Waals surface area contributed by atoms with Gasteiger partial charge in [-0.2, -0.15) is 8.78 Å². The minimum atomic E-state index is -2.88. The predicted octanol–water partition coefficient (Wildman–Crippen LogP) is 3.03. The lowest BCUT2D eigenvalue weighted by Crippen LogP contribution is -2.37. The zero-order valence-electron chi connectivity index (χ0n) is 14.4. The number of fused-ring (bicyclic) bond motifs is 1. The Morgan fingerprint density at radius 3 is 2.89 bits per heavy atom. The van der Waals surface area contributed by atoms with Gasteiger partial charge in [-0.3, -0.25) is 4.79 Å². The van der Waals surface area contributed by atoms with E-state index in [9.17, 15) is 13.6 Å². The van der Waals surface area contributed by atoms with E-state index in [4.69, 9.17) is 9.47 Å². The highest BCUT2D eigenvalue weighted by atomic mass is 19.3. The molecule has 0 spiro atoms. The van der Waals surface area contributed by atoms with Gasteiger partial charge in [-0.15, -0.1) is 0 Å². The fourth-order valence-corrected chi connectivity index (χ4v) is 3.38. The number of nitrogens with zero attached hydrogens (tertiary/aromatic N) is 1. The number of anilines is 1. The summed E-state index contributed by atoms with van der Waals surface area (Å²) in [6.07, 6.45) is 0.696. The number of ether oxygens (including phenoxy) is 3. The molecule has 0 radical (unpaired) electrons. The zero-order valence-corrected chi connectivity index (χ0v) is 14.4. The van der Waals surface area contributed by atoms with Crippen LogP contribution >= 0.6 is 0 Å². The van der Waals surface area contributed by atoms with Crippen LogP contribution in [0.4, 0.5) is 14.5 Å². The van der Waals surface area contributed by atoms with E-state index in [1.165, 1.54) is 6.07 Å². The van der Waals surface area contributed by atoms with Gasteiger partial charge in [-0.1, -0.05) is 18.2 Å². The molecule has 6 nitrogen and oxygen atoms in total. The van der Waals surface area contributed by atoms with E-state index in [-0.39, 0.29) is 24.5 Å². The van der Waals surface area contributed by atoms with Crippen LogP contribution in [0.1, 0.15) is 16.8 Å². The van der Waals surface area contributed by atoms with Crippen LogP contribution in [0.15, 0.2) is 42.5 Å². The minimum absolute atomic E-state index is 0.0950. The number of hydrogen-bond donors (Lipinski definition) is 1. The number of rotatable bonds is 5. The number of carbonyl (C=O) groups excluding carboxylic acids is 1. The van der Waals surface area contributed by atoms with Gasteiger partial charge in [0.25, 0.3) is 5.91 Å². The summed E-state index contributed by atoms with van der Waals surface area (Å²) in [5, 5.41) is 2.98. The number of amides is 1. The summed E-state index contributed by atoms with van der Waals surface area (Å²) >= 11 is 0.